The van der Waals surface area contributed by atoms with E-state index in [-0.39, 0.29) is 4.90 Å². The highest BCUT2D eigenvalue weighted by molar-refractivity contribution is 7.90. The molecule has 34 heavy (non-hydrogen) atoms. The number of hydrogen-bond acceptors (Lipinski definition) is 5. The molecule has 1 aliphatic rings. The van der Waals surface area contributed by atoms with Crippen LogP contribution < -0.4 is 10.1 Å². The quantitative estimate of drug-likeness (QED) is 0.437. The van der Waals surface area contributed by atoms with Gasteiger partial charge < -0.3 is 10.1 Å². The zero-order valence-corrected chi connectivity index (χ0v) is 21.7. The molecule has 3 aromatic rings. The van der Waals surface area contributed by atoms with Gasteiger partial charge >= 0.3 is 0 Å². The van der Waals surface area contributed by atoms with Gasteiger partial charge in [0.2, 0.25) is 0 Å². The van der Waals surface area contributed by atoms with E-state index in [9.17, 15) is 8.42 Å². The van der Waals surface area contributed by atoms with Gasteiger partial charge in [0, 0.05) is 16.3 Å². The van der Waals surface area contributed by atoms with Gasteiger partial charge in [-0.3, -0.25) is 4.99 Å². The molecule has 0 spiro atoms. The molecule has 1 N–H and O–H groups in total. The van der Waals surface area contributed by atoms with Crippen LogP contribution in [-0.2, 0) is 20.9 Å². The van der Waals surface area contributed by atoms with Gasteiger partial charge in [-0.1, -0.05) is 47.5 Å². The van der Waals surface area contributed by atoms with Crippen LogP contribution in [0.4, 0.5) is 0 Å². The van der Waals surface area contributed by atoms with Crippen molar-refractivity contribution < 1.29 is 13.2 Å². The molecule has 0 aliphatic carbocycles. The summed E-state index contributed by atoms with van der Waals surface area (Å²) in [5, 5.41) is 4.87. The van der Waals surface area contributed by atoms with Crippen LogP contribution in [0.15, 0.2) is 76.6 Å². The summed E-state index contributed by atoms with van der Waals surface area (Å²) in [6.07, 6.45) is 1.19. The average Bonchev–Trinajstić information content (AvgIpc) is 3.07. The van der Waals surface area contributed by atoms with E-state index in [0.29, 0.717) is 33.8 Å². The van der Waals surface area contributed by atoms with E-state index in [0.717, 1.165) is 11.1 Å². The first-order valence-electron chi connectivity index (χ1n) is 10.9. The Kier molecular flexibility index (Phi) is 6.44. The molecule has 2 atom stereocenters. The van der Waals surface area contributed by atoms with Crippen molar-refractivity contribution in [2.45, 2.75) is 36.7 Å². The molecule has 0 saturated carbocycles. The number of nitrogens with zero attached hydrogens (tertiary/aromatic N) is 1. The van der Waals surface area contributed by atoms with Crippen LogP contribution in [0, 0.1) is 0 Å². The molecule has 3 aromatic carbocycles. The van der Waals surface area contributed by atoms with Crippen LogP contribution in [-0.4, -0.2) is 27.1 Å². The number of aliphatic imine (C=N–C) groups is 1. The number of benzene rings is 3. The Hall–Kier alpha value is -2.54. The molecule has 2 unspecified atom stereocenters. The first-order valence-corrected chi connectivity index (χ1v) is 13.5. The van der Waals surface area contributed by atoms with Crippen LogP contribution in [0.3, 0.4) is 0 Å². The zero-order valence-electron chi connectivity index (χ0n) is 19.4. The van der Waals surface area contributed by atoms with Crippen molar-refractivity contribution >= 4 is 38.9 Å². The van der Waals surface area contributed by atoms with Crippen molar-refractivity contribution in [3.8, 4) is 5.75 Å². The van der Waals surface area contributed by atoms with E-state index in [1.54, 1.807) is 18.2 Å². The highest BCUT2D eigenvalue weighted by Crippen LogP contribution is 2.48. The number of hydrogen-bond donors (Lipinski definition) is 1. The molecular weight excluding hydrogens is 491 g/mol. The summed E-state index contributed by atoms with van der Waals surface area (Å²) in [6.45, 7) is 6.43. The summed E-state index contributed by atoms with van der Waals surface area (Å²) in [4.78, 5) is 5.36. The van der Waals surface area contributed by atoms with E-state index in [2.05, 4.69) is 12.2 Å². The lowest BCUT2D eigenvalue weighted by Gasteiger charge is -2.40. The Balaban J connectivity index is 1.95. The lowest BCUT2D eigenvalue weighted by molar-refractivity contribution is 0.268. The van der Waals surface area contributed by atoms with Crippen molar-refractivity contribution in [1.29, 1.82) is 0 Å². The molecule has 1 heterocycles. The van der Waals surface area contributed by atoms with E-state index >= 15 is 0 Å². The predicted molar refractivity (Wildman–Crippen MR) is 138 cm³/mol. The zero-order chi connectivity index (χ0) is 24.7. The number of rotatable bonds is 6. The Morgan fingerprint density at radius 1 is 0.912 bits per heavy atom. The summed E-state index contributed by atoms with van der Waals surface area (Å²) in [6, 6.07) is 20.1. The fourth-order valence-corrected chi connectivity index (χ4v) is 5.22. The highest BCUT2D eigenvalue weighted by atomic mass is 35.5. The second-order valence-corrected chi connectivity index (χ2v) is 11.5. The smallest absolute Gasteiger partial charge is 0.175 e. The minimum atomic E-state index is -3.43. The lowest BCUT2D eigenvalue weighted by atomic mass is 9.72. The fourth-order valence-electron chi connectivity index (χ4n) is 4.32. The maximum atomic E-state index is 12.3. The molecule has 4 rings (SSSR count). The third-order valence-corrected chi connectivity index (χ3v) is 8.05. The molecule has 1 aliphatic heterocycles. The third-order valence-electron chi connectivity index (χ3n) is 6.44. The van der Waals surface area contributed by atoms with Crippen LogP contribution in [0.1, 0.15) is 37.5 Å². The summed E-state index contributed by atoms with van der Waals surface area (Å²) in [5.41, 5.74) is 1.07. The fraction of sp³-hybridized carbons (Fsp3) is 0.269. The molecule has 0 saturated heterocycles. The second kappa shape index (κ2) is 8.91. The van der Waals surface area contributed by atoms with E-state index in [1.807, 2.05) is 62.4 Å². The molecule has 0 amide bonds. The minimum Gasteiger partial charge on any atom is -0.493 e. The van der Waals surface area contributed by atoms with Gasteiger partial charge in [-0.2, -0.15) is 0 Å². The minimum absolute atomic E-state index is 0.198. The van der Waals surface area contributed by atoms with Crippen molar-refractivity contribution in [2.24, 2.45) is 4.99 Å². The van der Waals surface area contributed by atoms with Gasteiger partial charge in [0.1, 0.15) is 17.1 Å². The number of nitrogens with one attached hydrogen (secondary N) is 1. The van der Waals surface area contributed by atoms with E-state index in [4.69, 9.17) is 32.9 Å². The van der Waals surface area contributed by atoms with Crippen LogP contribution in [0.5, 0.6) is 5.75 Å². The molecule has 5 nitrogen and oxygen atoms in total. The summed E-state index contributed by atoms with van der Waals surface area (Å²) in [5.74, 6) is 1.10. The van der Waals surface area contributed by atoms with Gasteiger partial charge in [-0.25, -0.2) is 8.42 Å². The van der Waals surface area contributed by atoms with Gasteiger partial charge in [-0.05, 0) is 74.4 Å². The van der Waals surface area contributed by atoms with Gasteiger partial charge in [-0.15, -0.1) is 0 Å². The molecular formula is C26H26Cl2N2O3S. The summed E-state index contributed by atoms with van der Waals surface area (Å²) < 4.78 is 30.5. The van der Waals surface area contributed by atoms with E-state index in [1.165, 1.54) is 6.26 Å². The van der Waals surface area contributed by atoms with Crippen molar-refractivity contribution in [2.75, 3.05) is 12.9 Å². The van der Waals surface area contributed by atoms with Gasteiger partial charge in [0.05, 0.1) is 22.6 Å². The highest BCUT2D eigenvalue weighted by Gasteiger charge is 2.52. The molecule has 8 heteroatoms. The molecule has 178 valence electrons. The largest absolute Gasteiger partial charge is 0.493 e. The van der Waals surface area contributed by atoms with E-state index < -0.39 is 20.9 Å². The first kappa shape index (κ1) is 24.6. The van der Waals surface area contributed by atoms with Crippen molar-refractivity contribution in [3.63, 3.8) is 0 Å². The number of halogens is 2. The maximum absolute atomic E-state index is 12.3. The lowest BCUT2D eigenvalue weighted by Crippen LogP contribution is -2.50. The third kappa shape index (κ3) is 4.30. The van der Waals surface area contributed by atoms with Crippen molar-refractivity contribution in [1.82, 2.24) is 5.32 Å². The number of amidine groups is 1. The van der Waals surface area contributed by atoms with Crippen LogP contribution >= 0.6 is 23.2 Å². The Labute approximate surface area is 210 Å². The Morgan fingerprint density at radius 2 is 1.47 bits per heavy atom. The van der Waals surface area contributed by atoms with Gasteiger partial charge in [0.25, 0.3) is 0 Å². The van der Waals surface area contributed by atoms with Crippen molar-refractivity contribution in [3.05, 3.63) is 93.5 Å². The molecule has 0 radical (unpaired) electrons. The monoisotopic (exact) mass is 516 g/mol. The topological polar surface area (TPSA) is 67.8 Å². The normalized spacial score (nSPS) is 22.2. The maximum Gasteiger partial charge on any atom is 0.175 e. The first-order chi connectivity index (χ1) is 16.0. The summed E-state index contributed by atoms with van der Waals surface area (Å²) >= 11 is 12.3. The SMILES string of the molecule is CCOc1ccc(S(C)(=O)=O)cc1C1=NC(C)(c2ccc(Cl)cc2)C(C)(c2ccc(Cl)cc2)N1. The average molecular weight is 517 g/mol. The second-order valence-electron chi connectivity index (χ2n) is 8.66. The van der Waals surface area contributed by atoms with Crippen LogP contribution in [0.25, 0.3) is 0 Å². The molecule has 0 bridgehead atoms. The molecule has 0 aromatic heterocycles. The molecule has 0 fully saturated rings. The van der Waals surface area contributed by atoms with Crippen LogP contribution in [0.2, 0.25) is 10.0 Å². The predicted octanol–water partition coefficient (Wildman–Crippen LogP) is 5.98. The summed E-state index contributed by atoms with van der Waals surface area (Å²) in [7, 11) is -3.43. The Morgan fingerprint density at radius 3 is 2.00 bits per heavy atom. The Bertz CT molecular complexity index is 1360. The standard InChI is InChI=1S/C26H26Cl2N2O3S/c1-5-33-23-15-14-21(34(4,31)32)16-22(23)24-29-25(2,17-6-10-19(27)11-7-17)26(3,30-24)18-8-12-20(28)13-9-18/h6-16H,5H2,1-4H3,(H,29,30). The van der Waals surface area contributed by atoms with Gasteiger partial charge in [0.15, 0.2) is 9.84 Å². The number of sulfone groups is 1. The number of ether oxygens (including phenoxy) is 1.